The highest BCUT2D eigenvalue weighted by atomic mass is 35.5. The summed E-state index contributed by atoms with van der Waals surface area (Å²) >= 11 is 6.46. The summed E-state index contributed by atoms with van der Waals surface area (Å²) in [5, 5.41) is 3.04. The number of carbonyl (C=O) groups excluding carboxylic acids is 2. The summed E-state index contributed by atoms with van der Waals surface area (Å²) in [6, 6.07) is 26.3. The summed E-state index contributed by atoms with van der Waals surface area (Å²) < 4.78 is 42.4. The molecule has 0 aliphatic rings. The van der Waals surface area contributed by atoms with Crippen LogP contribution >= 0.6 is 11.6 Å². The van der Waals surface area contributed by atoms with E-state index in [4.69, 9.17) is 11.6 Å². The molecule has 0 radical (unpaired) electrons. The number of nitrogens with zero attached hydrogens (tertiary/aromatic N) is 2. The summed E-state index contributed by atoms with van der Waals surface area (Å²) in [5.74, 6) is -1.62. The molecule has 1 N–H and O–H groups in total. The summed E-state index contributed by atoms with van der Waals surface area (Å²) in [4.78, 5) is 28.7. The first kappa shape index (κ1) is 30.7. The van der Waals surface area contributed by atoms with Gasteiger partial charge in [0.1, 0.15) is 18.4 Å². The highest BCUT2D eigenvalue weighted by molar-refractivity contribution is 7.92. The third-order valence-electron chi connectivity index (χ3n) is 6.82. The topological polar surface area (TPSA) is 86.8 Å². The van der Waals surface area contributed by atoms with Crippen molar-refractivity contribution >= 4 is 39.1 Å². The van der Waals surface area contributed by atoms with Gasteiger partial charge in [-0.3, -0.25) is 13.9 Å². The molecule has 1 atom stereocenters. The van der Waals surface area contributed by atoms with Crippen molar-refractivity contribution in [2.45, 2.75) is 30.8 Å². The average Bonchev–Trinajstić information content (AvgIpc) is 2.99. The molecular weight excluding hydrogens is 577 g/mol. The quantitative estimate of drug-likeness (QED) is 0.248. The maximum atomic E-state index is 14.2. The zero-order chi connectivity index (χ0) is 30.3. The van der Waals surface area contributed by atoms with E-state index in [0.29, 0.717) is 10.6 Å². The molecule has 4 aromatic rings. The molecule has 2 amide bonds. The molecule has 0 aliphatic heterocycles. The van der Waals surface area contributed by atoms with Crippen molar-refractivity contribution < 1.29 is 22.4 Å². The van der Waals surface area contributed by atoms with Crippen LogP contribution in [0.3, 0.4) is 0 Å². The Kier molecular flexibility index (Phi) is 9.98. The lowest BCUT2D eigenvalue weighted by atomic mass is 10.0. The fraction of sp³-hybridized carbons (Fsp3) is 0.188. The fourth-order valence-electron chi connectivity index (χ4n) is 4.50. The van der Waals surface area contributed by atoms with Crippen LogP contribution in [0.2, 0.25) is 5.02 Å². The van der Waals surface area contributed by atoms with E-state index < -0.39 is 40.2 Å². The Labute approximate surface area is 250 Å². The summed E-state index contributed by atoms with van der Waals surface area (Å²) in [5.41, 5.74) is 2.55. The summed E-state index contributed by atoms with van der Waals surface area (Å²) in [6.45, 7) is 1.20. The molecule has 42 heavy (non-hydrogen) atoms. The van der Waals surface area contributed by atoms with E-state index in [-0.39, 0.29) is 23.5 Å². The maximum absolute atomic E-state index is 14.2. The standard InChI is InChI=1S/C32H31ClFN3O4S/c1-23-12-16-27(17-13-23)37(42(40,41)28-18-14-26(34)15-19-28)22-31(38)36(21-25-10-6-7-11-29(25)33)30(32(39)35-2)20-24-8-4-3-5-9-24/h3-19,30H,20-22H2,1-2H3,(H,35,39)/t30-/m0/s1. The first-order chi connectivity index (χ1) is 20.1. The zero-order valence-corrected chi connectivity index (χ0v) is 24.8. The van der Waals surface area contributed by atoms with Gasteiger partial charge in [0.05, 0.1) is 10.6 Å². The molecule has 0 saturated carbocycles. The number of carbonyl (C=O) groups is 2. The number of hydrogen-bond donors (Lipinski definition) is 1. The predicted molar refractivity (Wildman–Crippen MR) is 162 cm³/mol. The van der Waals surface area contributed by atoms with Crippen molar-refractivity contribution in [3.8, 4) is 0 Å². The lowest BCUT2D eigenvalue weighted by molar-refractivity contribution is -0.139. The molecule has 0 spiro atoms. The molecule has 0 unspecified atom stereocenters. The average molecular weight is 608 g/mol. The molecular formula is C32H31ClFN3O4S. The minimum atomic E-state index is -4.31. The molecule has 0 saturated heterocycles. The highest BCUT2D eigenvalue weighted by Gasteiger charge is 2.34. The number of nitrogens with one attached hydrogen (secondary N) is 1. The number of rotatable bonds is 11. The van der Waals surface area contributed by atoms with Gasteiger partial charge in [-0.25, -0.2) is 12.8 Å². The monoisotopic (exact) mass is 607 g/mol. The second-order valence-electron chi connectivity index (χ2n) is 9.73. The van der Waals surface area contributed by atoms with E-state index in [0.717, 1.165) is 39.7 Å². The molecule has 218 valence electrons. The van der Waals surface area contributed by atoms with Crippen molar-refractivity contribution in [3.63, 3.8) is 0 Å². The summed E-state index contributed by atoms with van der Waals surface area (Å²) in [6.07, 6.45) is 0.186. The third kappa shape index (κ3) is 7.35. The molecule has 0 aliphatic carbocycles. The SMILES string of the molecule is CNC(=O)[C@H](Cc1ccccc1)N(Cc1ccccc1Cl)C(=O)CN(c1ccc(C)cc1)S(=O)(=O)c1ccc(F)cc1. The van der Waals surface area contributed by atoms with Crippen LogP contribution in [-0.4, -0.2) is 44.8 Å². The number of hydrogen-bond acceptors (Lipinski definition) is 4. The van der Waals surface area contributed by atoms with Gasteiger partial charge in [-0.05, 0) is 60.5 Å². The smallest absolute Gasteiger partial charge is 0.264 e. The zero-order valence-electron chi connectivity index (χ0n) is 23.2. The number of sulfonamides is 1. The molecule has 0 fully saturated rings. The van der Waals surface area contributed by atoms with Crippen molar-refractivity contribution in [2.75, 3.05) is 17.9 Å². The first-order valence-corrected chi connectivity index (χ1v) is 15.1. The Morgan fingerprint density at radius 1 is 0.881 bits per heavy atom. The van der Waals surface area contributed by atoms with Gasteiger partial charge in [0, 0.05) is 25.0 Å². The van der Waals surface area contributed by atoms with Crippen LogP contribution in [0.4, 0.5) is 10.1 Å². The van der Waals surface area contributed by atoms with Crippen molar-refractivity contribution in [3.05, 3.63) is 131 Å². The van der Waals surface area contributed by atoms with Gasteiger partial charge in [0.25, 0.3) is 10.0 Å². The minimum Gasteiger partial charge on any atom is -0.357 e. The van der Waals surface area contributed by atoms with E-state index in [1.807, 2.05) is 37.3 Å². The molecule has 10 heteroatoms. The molecule has 4 rings (SSSR count). The van der Waals surface area contributed by atoms with Crippen LogP contribution in [0.25, 0.3) is 0 Å². The largest absolute Gasteiger partial charge is 0.357 e. The van der Waals surface area contributed by atoms with Crippen LogP contribution < -0.4 is 9.62 Å². The highest BCUT2D eigenvalue weighted by Crippen LogP contribution is 2.26. The second-order valence-corrected chi connectivity index (χ2v) is 12.0. The van der Waals surface area contributed by atoms with E-state index in [1.165, 1.54) is 11.9 Å². The molecule has 0 aromatic heterocycles. The Bertz CT molecular complexity index is 1630. The van der Waals surface area contributed by atoms with Gasteiger partial charge in [-0.2, -0.15) is 0 Å². The number of aryl methyl sites for hydroxylation is 1. The van der Waals surface area contributed by atoms with Crippen molar-refractivity contribution in [2.24, 2.45) is 0 Å². The number of halogens is 2. The molecule has 0 bridgehead atoms. The van der Waals surface area contributed by atoms with Crippen LogP contribution in [0.1, 0.15) is 16.7 Å². The Hall–Kier alpha value is -4.21. The van der Waals surface area contributed by atoms with Gasteiger partial charge in [-0.1, -0.05) is 77.8 Å². The maximum Gasteiger partial charge on any atom is 0.264 e. The number of benzene rings is 4. The fourth-order valence-corrected chi connectivity index (χ4v) is 6.11. The predicted octanol–water partition coefficient (Wildman–Crippen LogP) is 5.37. The van der Waals surface area contributed by atoms with E-state index >= 15 is 0 Å². The second kappa shape index (κ2) is 13.6. The Morgan fingerprint density at radius 3 is 2.12 bits per heavy atom. The van der Waals surface area contributed by atoms with E-state index in [1.54, 1.807) is 48.5 Å². The van der Waals surface area contributed by atoms with Crippen LogP contribution in [0, 0.1) is 12.7 Å². The van der Waals surface area contributed by atoms with E-state index in [2.05, 4.69) is 5.32 Å². The molecule has 4 aromatic carbocycles. The molecule has 7 nitrogen and oxygen atoms in total. The minimum absolute atomic E-state index is 0.0399. The number of likely N-dealkylation sites (N-methyl/N-ethyl adjacent to an activating group) is 1. The first-order valence-electron chi connectivity index (χ1n) is 13.2. The number of anilines is 1. The Balaban J connectivity index is 1.79. The van der Waals surface area contributed by atoms with Gasteiger partial charge < -0.3 is 10.2 Å². The van der Waals surface area contributed by atoms with Crippen LogP contribution in [0.5, 0.6) is 0 Å². The lowest BCUT2D eigenvalue weighted by Gasteiger charge is -2.33. The third-order valence-corrected chi connectivity index (χ3v) is 8.98. The summed E-state index contributed by atoms with van der Waals surface area (Å²) in [7, 11) is -2.83. The van der Waals surface area contributed by atoms with Gasteiger partial charge in [-0.15, -0.1) is 0 Å². The van der Waals surface area contributed by atoms with Gasteiger partial charge in [0.15, 0.2) is 0 Å². The van der Waals surface area contributed by atoms with Gasteiger partial charge in [0.2, 0.25) is 11.8 Å². The normalized spacial score (nSPS) is 11.9. The van der Waals surface area contributed by atoms with E-state index in [9.17, 15) is 22.4 Å². The van der Waals surface area contributed by atoms with Crippen molar-refractivity contribution in [1.29, 1.82) is 0 Å². The van der Waals surface area contributed by atoms with Crippen molar-refractivity contribution in [1.82, 2.24) is 10.2 Å². The Morgan fingerprint density at radius 2 is 1.50 bits per heavy atom. The van der Waals surface area contributed by atoms with Gasteiger partial charge >= 0.3 is 0 Å². The number of amides is 2. The van der Waals surface area contributed by atoms with Crippen LogP contribution in [-0.2, 0) is 32.6 Å². The van der Waals surface area contributed by atoms with Crippen LogP contribution in [0.15, 0.2) is 108 Å². The molecule has 0 heterocycles. The lowest BCUT2D eigenvalue weighted by Crippen LogP contribution is -2.53.